The SMILES string of the molecule is CCN(CC1CCCCN1)C(=O)CCCc1cccs1. The molecule has 1 atom stereocenters. The van der Waals surface area contributed by atoms with Gasteiger partial charge in [-0.15, -0.1) is 11.3 Å². The van der Waals surface area contributed by atoms with Crippen molar-refractivity contribution in [3.63, 3.8) is 0 Å². The first-order valence-corrected chi connectivity index (χ1v) is 8.71. The fourth-order valence-electron chi connectivity index (χ4n) is 2.78. The number of thiophene rings is 1. The Morgan fingerprint density at radius 1 is 1.50 bits per heavy atom. The van der Waals surface area contributed by atoms with Gasteiger partial charge in [0, 0.05) is 30.4 Å². The highest BCUT2D eigenvalue weighted by molar-refractivity contribution is 7.09. The summed E-state index contributed by atoms with van der Waals surface area (Å²) < 4.78 is 0. The van der Waals surface area contributed by atoms with Gasteiger partial charge in [-0.3, -0.25) is 4.79 Å². The van der Waals surface area contributed by atoms with Crippen LogP contribution < -0.4 is 5.32 Å². The number of nitrogens with zero attached hydrogens (tertiary/aromatic N) is 1. The molecule has 0 spiro atoms. The van der Waals surface area contributed by atoms with Crippen molar-refractivity contribution in [2.45, 2.75) is 51.5 Å². The van der Waals surface area contributed by atoms with Crippen LogP contribution in [0.5, 0.6) is 0 Å². The second-order valence-electron chi connectivity index (χ2n) is 5.51. The van der Waals surface area contributed by atoms with Gasteiger partial charge in [-0.25, -0.2) is 0 Å². The van der Waals surface area contributed by atoms with Crippen LogP contribution in [0.25, 0.3) is 0 Å². The van der Waals surface area contributed by atoms with Gasteiger partial charge in [0.15, 0.2) is 0 Å². The molecule has 2 rings (SSSR count). The Morgan fingerprint density at radius 2 is 2.40 bits per heavy atom. The van der Waals surface area contributed by atoms with Crippen molar-refractivity contribution >= 4 is 17.2 Å². The zero-order chi connectivity index (χ0) is 14.2. The lowest BCUT2D eigenvalue weighted by atomic mass is 10.0. The molecule has 1 fully saturated rings. The predicted octanol–water partition coefficient (Wildman–Crippen LogP) is 3.06. The van der Waals surface area contributed by atoms with Gasteiger partial charge in [-0.05, 0) is 50.6 Å². The molecule has 1 saturated heterocycles. The van der Waals surface area contributed by atoms with Crippen LogP contribution in [0.3, 0.4) is 0 Å². The minimum absolute atomic E-state index is 0.316. The predicted molar refractivity (Wildman–Crippen MR) is 85.2 cm³/mol. The first kappa shape index (κ1) is 15.5. The van der Waals surface area contributed by atoms with Crippen molar-refractivity contribution in [3.05, 3.63) is 22.4 Å². The lowest BCUT2D eigenvalue weighted by Crippen LogP contribution is -2.45. The van der Waals surface area contributed by atoms with Gasteiger partial charge >= 0.3 is 0 Å². The number of nitrogens with one attached hydrogen (secondary N) is 1. The number of aryl methyl sites for hydroxylation is 1. The number of hydrogen-bond acceptors (Lipinski definition) is 3. The van der Waals surface area contributed by atoms with Crippen LogP contribution in [-0.4, -0.2) is 36.5 Å². The topological polar surface area (TPSA) is 32.3 Å². The summed E-state index contributed by atoms with van der Waals surface area (Å²) in [5.41, 5.74) is 0. The lowest BCUT2D eigenvalue weighted by Gasteiger charge is -2.30. The number of piperidine rings is 1. The molecule has 1 aliphatic heterocycles. The van der Waals surface area contributed by atoms with Gasteiger partial charge in [0.05, 0.1) is 0 Å². The molecule has 1 N–H and O–H groups in total. The van der Waals surface area contributed by atoms with Crippen molar-refractivity contribution < 1.29 is 4.79 Å². The molecule has 0 aromatic carbocycles. The standard InChI is InChI=1S/C16H26N2OS/c1-2-18(13-14-7-3-4-11-17-14)16(19)10-5-8-15-9-6-12-20-15/h6,9,12,14,17H,2-5,7-8,10-11,13H2,1H3. The Morgan fingerprint density at radius 3 is 3.05 bits per heavy atom. The monoisotopic (exact) mass is 294 g/mol. The fourth-order valence-corrected chi connectivity index (χ4v) is 3.53. The molecule has 1 aromatic heterocycles. The summed E-state index contributed by atoms with van der Waals surface area (Å²) in [6, 6.07) is 4.73. The third-order valence-electron chi connectivity index (χ3n) is 3.98. The highest BCUT2D eigenvalue weighted by Crippen LogP contribution is 2.13. The molecule has 0 aliphatic carbocycles. The molecule has 1 amide bonds. The van der Waals surface area contributed by atoms with E-state index in [2.05, 4.69) is 29.8 Å². The molecule has 1 aromatic rings. The molecule has 1 aliphatic rings. The van der Waals surface area contributed by atoms with Gasteiger partial charge in [-0.2, -0.15) is 0 Å². The maximum absolute atomic E-state index is 12.3. The molecule has 3 nitrogen and oxygen atoms in total. The van der Waals surface area contributed by atoms with Gasteiger partial charge in [0.1, 0.15) is 0 Å². The minimum Gasteiger partial charge on any atom is -0.341 e. The van der Waals surface area contributed by atoms with Crippen LogP contribution in [0, 0.1) is 0 Å². The molecule has 0 saturated carbocycles. The molecule has 2 heterocycles. The largest absolute Gasteiger partial charge is 0.341 e. The van der Waals surface area contributed by atoms with E-state index in [9.17, 15) is 4.79 Å². The summed E-state index contributed by atoms with van der Waals surface area (Å²) in [6.45, 7) is 4.90. The summed E-state index contributed by atoms with van der Waals surface area (Å²) in [7, 11) is 0. The van der Waals surface area contributed by atoms with Gasteiger partial charge in [0.25, 0.3) is 0 Å². The van der Waals surface area contributed by atoms with E-state index in [1.165, 1.54) is 24.1 Å². The van der Waals surface area contributed by atoms with E-state index < -0.39 is 0 Å². The van der Waals surface area contributed by atoms with Crippen LogP contribution in [0.2, 0.25) is 0 Å². The Kier molecular flexibility index (Phi) is 6.54. The average Bonchev–Trinajstić information content (AvgIpc) is 2.99. The molecule has 20 heavy (non-hydrogen) atoms. The molecule has 4 heteroatoms. The van der Waals surface area contributed by atoms with E-state index in [1.807, 2.05) is 4.90 Å². The normalized spacial score (nSPS) is 18.9. The molecule has 1 unspecified atom stereocenters. The second kappa shape index (κ2) is 8.42. The third-order valence-corrected chi connectivity index (χ3v) is 4.92. The minimum atomic E-state index is 0.316. The fraction of sp³-hybridized carbons (Fsp3) is 0.688. The summed E-state index contributed by atoms with van der Waals surface area (Å²) in [4.78, 5) is 15.7. The Balaban J connectivity index is 1.70. The quantitative estimate of drug-likeness (QED) is 0.838. The molecular weight excluding hydrogens is 268 g/mol. The Bertz CT molecular complexity index is 385. The summed E-state index contributed by atoms with van der Waals surface area (Å²) in [6.07, 6.45) is 6.45. The van der Waals surface area contributed by atoms with Crippen molar-refractivity contribution in [3.8, 4) is 0 Å². The number of carbonyl (C=O) groups excluding carboxylic acids is 1. The molecule has 112 valence electrons. The van der Waals surface area contributed by atoms with E-state index in [1.54, 1.807) is 11.3 Å². The van der Waals surface area contributed by atoms with E-state index in [4.69, 9.17) is 0 Å². The summed E-state index contributed by atoms with van der Waals surface area (Å²) >= 11 is 1.78. The first-order valence-electron chi connectivity index (χ1n) is 7.83. The highest BCUT2D eigenvalue weighted by Gasteiger charge is 2.18. The van der Waals surface area contributed by atoms with E-state index >= 15 is 0 Å². The zero-order valence-corrected chi connectivity index (χ0v) is 13.3. The number of carbonyl (C=O) groups is 1. The maximum atomic E-state index is 12.3. The van der Waals surface area contributed by atoms with E-state index in [-0.39, 0.29) is 0 Å². The Hall–Kier alpha value is -0.870. The maximum Gasteiger partial charge on any atom is 0.222 e. The van der Waals surface area contributed by atoms with Crippen LogP contribution in [0.4, 0.5) is 0 Å². The van der Waals surface area contributed by atoms with Crippen LogP contribution in [0.15, 0.2) is 17.5 Å². The molecular formula is C16H26N2OS. The Labute approximate surface area is 126 Å². The van der Waals surface area contributed by atoms with Crippen molar-refractivity contribution in [2.75, 3.05) is 19.6 Å². The average molecular weight is 294 g/mol. The highest BCUT2D eigenvalue weighted by atomic mass is 32.1. The zero-order valence-electron chi connectivity index (χ0n) is 12.4. The number of amides is 1. The smallest absolute Gasteiger partial charge is 0.222 e. The first-order chi connectivity index (χ1) is 9.79. The van der Waals surface area contributed by atoms with Crippen LogP contribution in [0.1, 0.15) is 43.9 Å². The second-order valence-corrected chi connectivity index (χ2v) is 6.54. The molecule has 0 radical (unpaired) electrons. The third kappa shape index (κ3) is 4.91. The van der Waals surface area contributed by atoms with Gasteiger partial charge in [-0.1, -0.05) is 12.5 Å². The van der Waals surface area contributed by atoms with Crippen molar-refractivity contribution in [1.29, 1.82) is 0 Å². The summed E-state index contributed by atoms with van der Waals surface area (Å²) in [5.74, 6) is 0.316. The van der Waals surface area contributed by atoms with Gasteiger partial charge in [0.2, 0.25) is 5.91 Å². The van der Waals surface area contributed by atoms with Gasteiger partial charge < -0.3 is 10.2 Å². The van der Waals surface area contributed by atoms with Crippen LogP contribution >= 0.6 is 11.3 Å². The van der Waals surface area contributed by atoms with E-state index in [0.29, 0.717) is 18.4 Å². The number of rotatable bonds is 7. The van der Waals surface area contributed by atoms with Crippen molar-refractivity contribution in [1.82, 2.24) is 10.2 Å². The van der Waals surface area contributed by atoms with Crippen molar-refractivity contribution in [2.24, 2.45) is 0 Å². The van der Waals surface area contributed by atoms with E-state index in [0.717, 1.165) is 32.5 Å². The van der Waals surface area contributed by atoms with Crippen LogP contribution in [-0.2, 0) is 11.2 Å². The number of hydrogen-bond donors (Lipinski definition) is 1. The lowest BCUT2D eigenvalue weighted by molar-refractivity contribution is -0.131. The number of likely N-dealkylation sites (N-methyl/N-ethyl adjacent to an activating group) is 1. The molecule has 0 bridgehead atoms. The summed E-state index contributed by atoms with van der Waals surface area (Å²) in [5, 5.41) is 5.63.